The van der Waals surface area contributed by atoms with E-state index >= 15 is 0 Å². The molecule has 0 aliphatic carbocycles. The topological polar surface area (TPSA) is 86.8 Å². The molecule has 0 bridgehead atoms. The molecule has 0 aliphatic rings. The van der Waals surface area contributed by atoms with Crippen LogP contribution >= 0.6 is 0 Å². The first-order chi connectivity index (χ1) is 21.5. The van der Waals surface area contributed by atoms with Crippen molar-refractivity contribution in [2.45, 2.75) is 71.0 Å². The number of anilines is 1. The van der Waals surface area contributed by atoms with E-state index in [4.69, 9.17) is 0 Å². The Hall–Kier alpha value is -4.43. The van der Waals surface area contributed by atoms with Gasteiger partial charge in [-0.15, -0.1) is 0 Å². The van der Waals surface area contributed by atoms with Crippen molar-refractivity contribution in [3.8, 4) is 0 Å². The largest absolute Gasteiger partial charge is 0.352 e. The Morgan fingerprint density at radius 2 is 1.33 bits per heavy atom. The van der Waals surface area contributed by atoms with Gasteiger partial charge < -0.3 is 10.2 Å². The van der Waals surface area contributed by atoms with Gasteiger partial charge >= 0.3 is 0 Å². The molecule has 1 N–H and O–H groups in total. The summed E-state index contributed by atoms with van der Waals surface area (Å²) in [7, 11) is -4.14. The fourth-order valence-corrected chi connectivity index (χ4v) is 6.65. The second kappa shape index (κ2) is 15.0. The van der Waals surface area contributed by atoms with E-state index in [2.05, 4.69) is 5.32 Å². The maximum absolute atomic E-state index is 14.6. The molecule has 0 aromatic heterocycles. The van der Waals surface area contributed by atoms with E-state index < -0.39 is 28.5 Å². The van der Waals surface area contributed by atoms with Crippen molar-refractivity contribution in [1.82, 2.24) is 10.2 Å². The van der Waals surface area contributed by atoms with Gasteiger partial charge in [-0.2, -0.15) is 0 Å². The molecule has 0 heterocycles. The van der Waals surface area contributed by atoms with Gasteiger partial charge in [0.05, 0.1) is 10.6 Å². The van der Waals surface area contributed by atoms with Crippen LogP contribution in [0.1, 0.15) is 48.1 Å². The average Bonchev–Trinajstić information content (AvgIpc) is 3.02. The highest BCUT2D eigenvalue weighted by Gasteiger charge is 2.35. The molecule has 0 unspecified atom stereocenters. The van der Waals surface area contributed by atoms with Gasteiger partial charge in [0.15, 0.2) is 0 Å². The minimum absolute atomic E-state index is 0.0809. The lowest BCUT2D eigenvalue weighted by molar-refractivity contribution is -0.140. The van der Waals surface area contributed by atoms with E-state index in [1.807, 2.05) is 95.3 Å². The van der Waals surface area contributed by atoms with Gasteiger partial charge in [0.2, 0.25) is 11.8 Å². The summed E-state index contributed by atoms with van der Waals surface area (Å²) in [5.74, 6) is -0.757. The molecule has 2 atom stereocenters. The monoisotopic (exact) mass is 625 g/mol. The first-order valence-electron chi connectivity index (χ1n) is 15.3. The van der Waals surface area contributed by atoms with Gasteiger partial charge in [-0.3, -0.25) is 13.9 Å². The van der Waals surface area contributed by atoms with Gasteiger partial charge in [0, 0.05) is 19.0 Å². The Balaban J connectivity index is 1.82. The number of benzene rings is 4. The lowest BCUT2D eigenvalue weighted by Gasteiger charge is -2.34. The fraction of sp³-hybridized carbons (Fsp3) is 0.297. The van der Waals surface area contributed by atoms with Crippen LogP contribution in [0.3, 0.4) is 0 Å². The van der Waals surface area contributed by atoms with Gasteiger partial charge in [0.25, 0.3) is 10.0 Å². The zero-order chi connectivity index (χ0) is 32.6. The van der Waals surface area contributed by atoms with Crippen LogP contribution in [-0.4, -0.2) is 43.8 Å². The van der Waals surface area contributed by atoms with Crippen LogP contribution in [0.25, 0.3) is 0 Å². The number of hydrogen-bond donors (Lipinski definition) is 1. The lowest BCUT2D eigenvalue weighted by atomic mass is 10.0. The smallest absolute Gasteiger partial charge is 0.264 e. The molecular weight excluding hydrogens is 582 g/mol. The highest BCUT2D eigenvalue weighted by atomic mass is 32.2. The molecule has 2 amide bonds. The van der Waals surface area contributed by atoms with E-state index in [1.54, 1.807) is 30.3 Å². The summed E-state index contributed by atoms with van der Waals surface area (Å²) < 4.78 is 29.5. The fourth-order valence-electron chi connectivity index (χ4n) is 5.23. The second-order valence-electron chi connectivity index (χ2n) is 11.7. The third kappa shape index (κ3) is 8.82. The predicted molar refractivity (Wildman–Crippen MR) is 180 cm³/mol. The first kappa shape index (κ1) is 33.5. The minimum atomic E-state index is -4.14. The van der Waals surface area contributed by atoms with E-state index in [0.29, 0.717) is 5.69 Å². The molecule has 0 saturated heterocycles. The zero-order valence-electron chi connectivity index (χ0n) is 26.7. The quantitative estimate of drug-likeness (QED) is 0.187. The standard InChI is InChI=1S/C37H43N3O4S/c1-6-30(5)38-37(42)35(24-31-13-9-7-10-14-31)39(25-32-19-17-27(2)18-20-32)36(41)26-40(33-22-28(3)21-29(4)23-33)45(43,44)34-15-11-8-12-16-34/h7-23,30,35H,6,24-26H2,1-5H3,(H,38,42)/t30-,35-/m1/s1. The normalized spacial score (nSPS) is 12.6. The van der Waals surface area contributed by atoms with Crippen molar-refractivity contribution >= 4 is 27.5 Å². The van der Waals surface area contributed by atoms with Gasteiger partial charge in [-0.05, 0) is 80.6 Å². The molecule has 4 aromatic rings. The van der Waals surface area contributed by atoms with Crippen molar-refractivity contribution in [1.29, 1.82) is 0 Å². The number of carbonyl (C=O) groups is 2. The first-order valence-corrected chi connectivity index (χ1v) is 16.8. The summed E-state index contributed by atoms with van der Waals surface area (Å²) in [6, 6.07) is 30.0. The summed E-state index contributed by atoms with van der Waals surface area (Å²) in [4.78, 5) is 30.1. The number of carbonyl (C=O) groups excluding carboxylic acids is 2. The summed E-state index contributed by atoms with van der Waals surface area (Å²) in [5.41, 5.74) is 4.94. The van der Waals surface area contributed by atoms with E-state index in [1.165, 1.54) is 21.3 Å². The Morgan fingerprint density at radius 1 is 0.756 bits per heavy atom. The van der Waals surface area contributed by atoms with E-state index in [0.717, 1.165) is 34.2 Å². The Morgan fingerprint density at radius 3 is 1.91 bits per heavy atom. The molecule has 236 valence electrons. The number of amides is 2. The summed E-state index contributed by atoms with van der Waals surface area (Å²) in [6.45, 7) is 9.35. The van der Waals surface area contributed by atoms with Crippen LogP contribution in [-0.2, 0) is 32.6 Å². The summed E-state index contributed by atoms with van der Waals surface area (Å²) in [6.07, 6.45) is 1.00. The predicted octanol–water partition coefficient (Wildman–Crippen LogP) is 6.36. The number of nitrogens with zero attached hydrogens (tertiary/aromatic N) is 2. The summed E-state index contributed by atoms with van der Waals surface area (Å²) in [5, 5.41) is 3.07. The van der Waals surface area contributed by atoms with E-state index in [-0.39, 0.29) is 29.8 Å². The molecule has 0 fully saturated rings. The van der Waals surface area contributed by atoms with Crippen molar-refractivity contribution in [3.05, 3.63) is 131 Å². The molecule has 45 heavy (non-hydrogen) atoms. The zero-order valence-corrected chi connectivity index (χ0v) is 27.6. The number of hydrogen-bond acceptors (Lipinski definition) is 4. The maximum atomic E-state index is 14.6. The van der Waals surface area contributed by atoms with Crippen molar-refractivity contribution in [2.75, 3.05) is 10.8 Å². The van der Waals surface area contributed by atoms with Gasteiger partial charge in [-0.1, -0.05) is 91.3 Å². The average molecular weight is 626 g/mol. The van der Waals surface area contributed by atoms with E-state index in [9.17, 15) is 18.0 Å². The highest BCUT2D eigenvalue weighted by Crippen LogP contribution is 2.27. The Bertz CT molecular complexity index is 1670. The second-order valence-corrected chi connectivity index (χ2v) is 13.6. The third-order valence-corrected chi connectivity index (χ3v) is 9.64. The Kier molecular flexibility index (Phi) is 11.2. The van der Waals surface area contributed by atoms with Crippen LogP contribution in [0, 0.1) is 20.8 Å². The molecule has 4 rings (SSSR count). The molecule has 0 radical (unpaired) electrons. The van der Waals surface area contributed by atoms with Gasteiger partial charge in [0.1, 0.15) is 12.6 Å². The van der Waals surface area contributed by atoms with Crippen molar-refractivity contribution in [3.63, 3.8) is 0 Å². The van der Waals surface area contributed by atoms with Crippen LogP contribution in [0.5, 0.6) is 0 Å². The van der Waals surface area contributed by atoms with Crippen molar-refractivity contribution < 1.29 is 18.0 Å². The van der Waals surface area contributed by atoms with Crippen molar-refractivity contribution in [2.24, 2.45) is 0 Å². The molecular formula is C37H43N3O4S. The number of sulfonamides is 1. The van der Waals surface area contributed by atoms with Crippen LogP contribution in [0.2, 0.25) is 0 Å². The molecule has 8 heteroatoms. The van der Waals surface area contributed by atoms with Gasteiger partial charge in [-0.25, -0.2) is 8.42 Å². The SMILES string of the molecule is CC[C@@H](C)NC(=O)[C@@H](Cc1ccccc1)N(Cc1ccc(C)cc1)C(=O)CN(c1cc(C)cc(C)c1)S(=O)(=O)c1ccccc1. The molecule has 0 aliphatic heterocycles. The highest BCUT2D eigenvalue weighted by molar-refractivity contribution is 7.92. The number of aryl methyl sites for hydroxylation is 3. The summed E-state index contributed by atoms with van der Waals surface area (Å²) >= 11 is 0. The van der Waals surface area contributed by atoms with Crippen LogP contribution < -0.4 is 9.62 Å². The minimum Gasteiger partial charge on any atom is -0.352 e. The number of nitrogens with one attached hydrogen (secondary N) is 1. The molecule has 4 aromatic carbocycles. The molecule has 0 spiro atoms. The third-order valence-electron chi connectivity index (χ3n) is 7.85. The maximum Gasteiger partial charge on any atom is 0.264 e. The molecule has 7 nitrogen and oxygen atoms in total. The van der Waals surface area contributed by atoms with Crippen LogP contribution in [0.4, 0.5) is 5.69 Å². The lowest BCUT2D eigenvalue weighted by Crippen LogP contribution is -2.54. The van der Waals surface area contributed by atoms with Crippen LogP contribution in [0.15, 0.2) is 108 Å². The Labute approximate surface area is 268 Å². The molecule has 0 saturated carbocycles. The number of rotatable bonds is 13.